The molecule has 14 heteroatoms. The number of para-hydroxylation sites is 1. The molecule has 2 aromatic carbocycles. The van der Waals surface area contributed by atoms with Gasteiger partial charge in [0.05, 0.1) is 17.5 Å². The van der Waals surface area contributed by atoms with Crippen molar-refractivity contribution >= 4 is 50.7 Å². The zero-order chi connectivity index (χ0) is 35.0. The Kier molecular flexibility index (Phi) is 9.59. The summed E-state index contributed by atoms with van der Waals surface area (Å²) in [5.41, 5.74) is 0.630. The number of carbonyl (C=O) groups excluding carboxylic acids is 4. The van der Waals surface area contributed by atoms with Gasteiger partial charge in [0.2, 0.25) is 11.8 Å². The van der Waals surface area contributed by atoms with E-state index >= 15 is 0 Å². The van der Waals surface area contributed by atoms with Crippen LogP contribution in [0.15, 0.2) is 77.3 Å². The van der Waals surface area contributed by atoms with Gasteiger partial charge in [0, 0.05) is 30.6 Å². The summed E-state index contributed by atoms with van der Waals surface area (Å²) in [4.78, 5) is 60.0. The second-order valence-corrected chi connectivity index (χ2v) is 14.1. The van der Waals surface area contributed by atoms with Crippen molar-refractivity contribution in [3.8, 4) is 0 Å². The Morgan fingerprint density at radius 1 is 1.00 bits per heavy atom. The van der Waals surface area contributed by atoms with Gasteiger partial charge in [0.1, 0.15) is 42.0 Å². The number of carbonyl (C=O) groups is 4. The number of likely N-dealkylation sites (tertiary alicyclic amines) is 1. The number of halogens is 1. The number of benzene rings is 2. The maximum absolute atomic E-state index is 15.0. The van der Waals surface area contributed by atoms with Gasteiger partial charge in [-0.15, -0.1) is 5.10 Å². The number of ether oxygens (including phenoxy) is 2. The number of esters is 1. The van der Waals surface area contributed by atoms with Gasteiger partial charge < -0.3 is 29.7 Å². The molecule has 262 valence electrons. The molecular weight excluding hydrogens is 708 g/mol. The lowest BCUT2D eigenvalue weighted by atomic mass is 9.74. The third kappa shape index (κ3) is 6.02. The first-order chi connectivity index (χ1) is 24.2. The summed E-state index contributed by atoms with van der Waals surface area (Å²) in [5.74, 6) is -3.74. The van der Waals surface area contributed by atoms with Crippen LogP contribution in [0, 0.1) is 11.8 Å². The highest BCUT2D eigenvalue weighted by Crippen LogP contribution is 2.59. The maximum atomic E-state index is 15.0. The Hall–Kier alpha value is -4.40. The monoisotopic (exact) mass is 746 g/mol. The number of aliphatic hydroxyl groups excluding tert-OH is 1. The van der Waals surface area contributed by atoms with Crippen LogP contribution in [0.5, 0.6) is 0 Å². The number of hydrogen-bond donors (Lipinski definition) is 2. The molecule has 0 aliphatic carbocycles. The Balaban J connectivity index is 1.31. The molecule has 3 aromatic rings. The molecule has 50 heavy (non-hydrogen) atoms. The van der Waals surface area contributed by atoms with Gasteiger partial charge in [0.15, 0.2) is 0 Å². The van der Waals surface area contributed by atoms with E-state index in [0.29, 0.717) is 34.8 Å². The third-order valence-electron chi connectivity index (χ3n) is 10.0. The lowest BCUT2D eigenvalue weighted by Crippen LogP contribution is -2.56. The highest BCUT2D eigenvalue weighted by Gasteiger charge is 2.75. The summed E-state index contributed by atoms with van der Waals surface area (Å²) in [6.45, 7) is 2.07. The minimum atomic E-state index is -1.46. The van der Waals surface area contributed by atoms with Crippen molar-refractivity contribution in [2.24, 2.45) is 11.8 Å². The van der Waals surface area contributed by atoms with Crippen molar-refractivity contribution in [1.82, 2.24) is 30.1 Å². The number of aliphatic hydroxyl groups is 1. The highest BCUT2D eigenvalue weighted by molar-refractivity contribution is 9.11. The summed E-state index contributed by atoms with van der Waals surface area (Å²) in [5, 5.41) is 21.1. The Morgan fingerprint density at radius 2 is 1.78 bits per heavy atom. The molecule has 5 heterocycles. The highest BCUT2D eigenvalue weighted by atomic mass is 79.9. The predicted molar refractivity (Wildman–Crippen MR) is 184 cm³/mol. The predicted octanol–water partition coefficient (Wildman–Crippen LogP) is 3.00. The van der Waals surface area contributed by atoms with Gasteiger partial charge in [-0.05, 0) is 50.0 Å². The fourth-order valence-corrected chi connectivity index (χ4v) is 8.45. The van der Waals surface area contributed by atoms with Gasteiger partial charge in [-0.25, -0.2) is 4.68 Å². The molecule has 4 aliphatic heterocycles. The lowest BCUT2D eigenvalue weighted by Gasteiger charge is -2.35. The minimum Gasteiger partial charge on any atom is -0.455 e. The van der Waals surface area contributed by atoms with Gasteiger partial charge in [-0.1, -0.05) is 75.8 Å². The molecule has 7 rings (SSSR count). The van der Waals surface area contributed by atoms with Crippen LogP contribution >= 0.6 is 15.9 Å². The number of rotatable bonds is 7. The van der Waals surface area contributed by atoms with Crippen molar-refractivity contribution in [3.63, 3.8) is 0 Å². The van der Waals surface area contributed by atoms with E-state index in [-0.39, 0.29) is 44.6 Å². The molecule has 5 bridgehead atoms. The van der Waals surface area contributed by atoms with Crippen LogP contribution in [0.1, 0.15) is 44.3 Å². The second kappa shape index (κ2) is 14.1. The average molecular weight is 748 g/mol. The lowest BCUT2D eigenvalue weighted by molar-refractivity contribution is -0.161. The van der Waals surface area contributed by atoms with Crippen molar-refractivity contribution in [2.75, 3.05) is 19.7 Å². The van der Waals surface area contributed by atoms with E-state index in [1.807, 2.05) is 66.7 Å². The number of amides is 3. The van der Waals surface area contributed by atoms with Gasteiger partial charge in [-0.2, -0.15) is 0 Å². The normalized spacial score (nSPS) is 30.7. The molecule has 0 unspecified atom stereocenters. The molecule has 0 saturated carbocycles. The van der Waals surface area contributed by atoms with Gasteiger partial charge >= 0.3 is 5.97 Å². The fourth-order valence-electron chi connectivity index (χ4n) is 7.71. The third-order valence-corrected chi connectivity index (χ3v) is 10.7. The van der Waals surface area contributed by atoms with E-state index < -0.39 is 53.6 Å². The average Bonchev–Trinajstić information content (AvgIpc) is 3.83. The number of unbranched alkanes of at least 4 members (excludes halogenated alkanes) is 1. The van der Waals surface area contributed by atoms with E-state index in [1.165, 1.54) is 4.90 Å². The molecule has 1 spiro atoms. The summed E-state index contributed by atoms with van der Waals surface area (Å²) >= 11 is 3.60. The van der Waals surface area contributed by atoms with E-state index in [9.17, 15) is 24.3 Å². The second-order valence-electron chi connectivity index (χ2n) is 13.2. The van der Waals surface area contributed by atoms with Crippen LogP contribution in [0.2, 0.25) is 0 Å². The number of nitrogens with zero attached hydrogens (tertiary/aromatic N) is 5. The molecule has 13 nitrogen and oxygen atoms in total. The van der Waals surface area contributed by atoms with E-state index in [0.717, 1.165) is 5.52 Å². The van der Waals surface area contributed by atoms with E-state index in [4.69, 9.17) is 9.47 Å². The molecule has 3 amide bonds. The Morgan fingerprint density at radius 3 is 2.58 bits per heavy atom. The van der Waals surface area contributed by atoms with Crippen LogP contribution < -0.4 is 5.32 Å². The molecule has 7 atom stereocenters. The largest absolute Gasteiger partial charge is 0.455 e. The molecule has 2 N–H and O–H groups in total. The van der Waals surface area contributed by atoms with E-state index in [1.54, 1.807) is 22.6 Å². The number of fused-ring (bicyclic) bond motifs is 3. The number of aromatic nitrogens is 3. The molecule has 0 radical (unpaired) electrons. The van der Waals surface area contributed by atoms with Gasteiger partial charge in [-0.3, -0.25) is 19.2 Å². The quantitative estimate of drug-likeness (QED) is 0.211. The van der Waals surface area contributed by atoms with Gasteiger partial charge in [0.25, 0.3) is 5.91 Å². The summed E-state index contributed by atoms with van der Waals surface area (Å²) in [6.07, 6.45) is 5.22. The SMILES string of the molecule is C[C@H]1NC(=O)CC/C=C\CN(Cn2nnc3ccccc32)C(=O)[C@@H]2N(CCCCO)C(=O)[C@H]3[C@H](C(=O)O[C@@H]1c1ccccc1)[C@H]1O[C@@]23C=C1Br. The first-order valence-corrected chi connectivity index (χ1v) is 17.8. The molecular formula is C36H39BrN6O7. The zero-order valence-electron chi connectivity index (χ0n) is 27.6. The molecule has 2 saturated heterocycles. The van der Waals surface area contributed by atoms with Crippen molar-refractivity contribution in [3.05, 3.63) is 82.9 Å². The van der Waals surface area contributed by atoms with Crippen LogP contribution in [0.3, 0.4) is 0 Å². The Bertz CT molecular complexity index is 1850. The summed E-state index contributed by atoms with van der Waals surface area (Å²) in [7, 11) is 0. The smallest absolute Gasteiger partial charge is 0.313 e. The topological polar surface area (TPSA) is 156 Å². The van der Waals surface area contributed by atoms with E-state index in [2.05, 4.69) is 31.6 Å². The fraction of sp³-hybridized carbons (Fsp3) is 0.444. The maximum Gasteiger partial charge on any atom is 0.313 e. The molecule has 4 aliphatic rings. The van der Waals surface area contributed by atoms with Crippen LogP contribution in [0.4, 0.5) is 0 Å². The molecule has 1 aromatic heterocycles. The number of cyclic esters (lactones) is 1. The standard InChI is InChI=1S/C36H39BrN6O7/c1-22-30(23-12-4-2-5-13-23)49-35(48)28-29-33(46)42(18-10-11-19-44)32(36(29)20-24(37)31(28)50-36)34(47)41(17-9-3-6-16-27(45)38-22)21-43-26-15-8-7-14-25(26)39-40-43/h2-5,7-9,12-15,20,22,28-32,44H,6,10-11,16-19,21H2,1H3,(H,38,45)/b9-3-/t22-,28+,29-,30+,31+,32+,36-/m1/s1. The Labute approximate surface area is 297 Å². The molecule has 2 fully saturated rings. The zero-order valence-corrected chi connectivity index (χ0v) is 29.1. The minimum absolute atomic E-state index is 0.0240. The van der Waals surface area contributed by atoms with Crippen LogP contribution in [-0.2, 0) is 35.3 Å². The summed E-state index contributed by atoms with van der Waals surface area (Å²) in [6, 6.07) is 14.9. The summed E-state index contributed by atoms with van der Waals surface area (Å²) < 4.78 is 15.0. The first kappa shape index (κ1) is 34.1. The number of hydrogen-bond acceptors (Lipinski definition) is 9. The van der Waals surface area contributed by atoms with Crippen LogP contribution in [-0.4, -0.2) is 97.1 Å². The number of nitrogens with one attached hydrogen (secondary N) is 1. The first-order valence-electron chi connectivity index (χ1n) is 17.0. The van der Waals surface area contributed by atoms with Crippen molar-refractivity contribution in [2.45, 2.75) is 69.2 Å². The van der Waals surface area contributed by atoms with Crippen LogP contribution in [0.25, 0.3) is 11.0 Å². The number of allylic oxidation sites excluding steroid dienone is 1. The van der Waals surface area contributed by atoms with Crippen molar-refractivity contribution < 1.29 is 33.8 Å². The van der Waals surface area contributed by atoms with Crippen molar-refractivity contribution in [1.29, 1.82) is 0 Å².